The number of aromatic hydroxyl groups is 1. The highest BCUT2D eigenvalue weighted by Gasteiger charge is 2.17. The van der Waals surface area contributed by atoms with Crippen LogP contribution in [0.2, 0.25) is 0 Å². The van der Waals surface area contributed by atoms with Gasteiger partial charge in [0, 0.05) is 29.9 Å². The van der Waals surface area contributed by atoms with Crippen LogP contribution in [0.25, 0.3) is 16.9 Å². The number of fused-ring (bicyclic) bond motifs is 1. The molecule has 6 heteroatoms. The number of halogens is 2. The number of imidazole rings is 1. The second-order valence-corrected chi connectivity index (χ2v) is 6.35. The second kappa shape index (κ2) is 6.72. The van der Waals surface area contributed by atoms with Crippen LogP contribution in [0.1, 0.15) is 11.1 Å². The summed E-state index contributed by atoms with van der Waals surface area (Å²) < 4.78 is 29.0. The van der Waals surface area contributed by atoms with Crippen LogP contribution in [0, 0.1) is 18.6 Å². The molecule has 2 heterocycles. The Morgan fingerprint density at radius 1 is 1.07 bits per heavy atom. The highest BCUT2D eigenvalue weighted by molar-refractivity contribution is 5.80. The molecule has 136 valence electrons. The number of nitrogens with zero attached hydrogens (tertiary/aromatic N) is 2. The Labute approximate surface area is 154 Å². The smallest absolute Gasteiger partial charge is 0.139 e. The molecule has 27 heavy (non-hydrogen) atoms. The van der Waals surface area contributed by atoms with Gasteiger partial charge in [-0.3, -0.25) is 4.40 Å². The average molecular weight is 365 g/mol. The van der Waals surface area contributed by atoms with Gasteiger partial charge in [0.05, 0.1) is 0 Å². The molecule has 0 spiro atoms. The predicted molar refractivity (Wildman–Crippen MR) is 101 cm³/mol. The molecule has 0 saturated heterocycles. The fourth-order valence-electron chi connectivity index (χ4n) is 3.02. The SMILES string of the molecule is Cc1ccn2c(NCc3ccc(F)cc3F)c(-c3ccccc3O)nc2c1. The molecule has 2 N–H and O–H groups in total. The van der Waals surface area contributed by atoms with Gasteiger partial charge in [-0.05, 0) is 42.8 Å². The Morgan fingerprint density at radius 2 is 1.89 bits per heavy atom. The van der Waals surface area contributed by atoms with E-state index in [2.05, 4.69) is 10.3 Å². The Balaban J connectivity index is 1.80. The van der Waals surface area contributed by atoms with Crippen LogP contribution in [0.5, 0.6) is 5.75 Å². The molecular weight excluding hydrogens is 348 g/mol. The number of phenolic OH excluding ortho intramolecular Hbond substituents is 1. The Hall–Kier alpha value is -3.41. The van der Waals surface area contributed by atoms with E-state index in [4.69, 9.17) is 0 Å². The van der Waals surface area contributed by atoms with Crippen molar-refractivity contribution in [2.75, 3.05) is 5.32 Å². The number of aromatic nitrogens is 2. The third-order valence-corrected chi connectivity index (χ3v) is 4.40. The van der Waals surface area contributed by atoms with E-state index in [1.165, 1.54) is 12.1 Å². The summed E-state index contributed by atoms with van der Waals surface area (Å²) in [7, 11) is 0. The minimum atomic E-state index is -0.615. The number of hydrogen-bond acceptors (Lipinski definition) is 3. The number of hydrogen-bond donors (Lipinski definition) is 2. The topological polar surface area (TPSA) is 49.6 Å². The van der Waals surface area contributed by atoms with Gasteiger partial charge in [-0.15, -0.1) is 0 Å². The minimum absolute atomic E-state index is 0.105. The van der Waals surface area contributed by atoms with Crippen molar-refractivity contribution in [2.24, 2.45) is 0 Å². The number of pyridine rings is 1. The number of rotatable bonds is 4. The van der Waals surface area contributed by atoms with E-state index in [-0.39, 0.29) is 12.3 Å². The summed E-state index contributed by atoms with van der Waals surface area (Å²) in [5.74, 6) is -0.503. The summed E-state index contributed by atoms with van der Waals surface area (Å²) in [5, 5.41) is 13.4. The molecule has 0 atom stereocenters. The van der Waals surface area contributed by atoms with Crippen LogP contribution in [0.4, 0.5) is 14.6 Å². The molecule has 0 radical (unpaired) electrons. The predicted octanol–water partition coefficient (Wildman–Crippen LogP) is 4.91. The van der Waals surface area contributed by atoms with Gasteiger partial charge in [0.15, 0.2) is 0 Å². The molecule has 0 saturated carbocycles. The van der Waals surface area contributed by atoms with Gasteiger partial charge in [-0.1, -0.05) is 18.2 Å². The molecule has 2 aromatic carbocycles. The fraction of sp³-hybridized carbons (Fsp3) is 0.0952. The van der Waals surface area contributed by atoms with Crippen LogP contribution >= 0.6 is 0 Å². The van der Waals surface area contributed by atoms with Crippen molar-refractivity contribution in [1.82, 2.24) is 9.38 Å². The highest BCUT2D eigenvalue weighted by atomic mass is 19.1. The maximum Gasteiger partial charge on any atom is 0.139 e. The monoisotopic (exact) mass is 365 g/mol. The molecule has 0 aliphatic rings. The first-order valence-corrected chi connectivity index (χ1v) is 8.48. The zero-order chi connectivity index (χ0) is 19.0. The minimum Gasteiger partial charge on any atom is -0.507 e. The summed E-state index contributed by atoms with van der Waals surface area (Å²) in [6, 6.07) is 14.3. The summed E-state index contributed by atoms with van der Waals surface area (Å²) in [6.45, 7) is 2.11. The van der Waals surface area contributed by atoms with Crippen molar-refractivity contribution in [2.45, 2.75) is 13.5 Å². The Morgan fingerprint density at radius 3 is 2.67 bits per heavy atom. The van der Waals surface area contributed by atoms with Crippen LogP contribution in [0.3, 0.4) is 0 Å². The van der Waals surface area contributed by atoms with Crippen LogP contribution in [-0.4, -0.2) is 14.5 Å². The Bertz CT molecular complexity index is 1140. The molecule has 4 nitrogen and oxygen atoms in total. The lowest BCUT2D eigenvalue weighted by Gasteiger charge is -2.10. The molecule has 2 aromatic heterocycles. The van der Waals surface area contributed by atoms with Crippen molar-refractivity contribution < 1.29 is 13.9 Å². The molecule has 0 aliphatic carbocycles. The van der Waals surface area contributed by atoms with Crippen LogP contribution in [-0.2, 0) is 6.54 Å². The molecular formula is C21H17F2N3O. The molecule has 0 aliphatic heterocycles. The van der Waals surface area contributed by atoms with E-state index in [1.807, 2.05) is 35.7 Å². The van der Waals surface area contributed by atoms with E-state index in [1.54, 1.807) is 18.2 Å². The second-order valence-electron chi connectivity index (χ2n) is 6.35. The van der Waals surface area contributed by atoms with Crippen molar-refractivity contribution in [3.63, 3.8) is 0 Å². The van der Waals surface area contributed by atoms with Crippen molar-refractivity contribution >= 4 is 11.5 Å². The van der Waals surface area contributed by atoms with Gasteiger partial charge >= 0.3 is 0 Å². The standard InChI is InChI=1S/C21H17F2N3O/c1-13-8-9-26-19(10-13)25-20(16-4-2-3-5-18(16)27)21(26)24-12-14-6-7-15(22)11-17(14)23/h2-11,24,27H,12H2,1H3. The van der Waals surface area contributed by atoms with Gasteiger partial charge in [0.25, 0.3) is 0 Å². The van der Waals surface area contributed by atoms with Gasteiger partial charge in [0.2, 0.25) is 0 Å². The third-order valence-electron chi connectivity index (χ3n) is 4.40. The number of phenols is 1. The number of aryl methyl sites for hydroxylation is 1. The van der Waals surface area contributed by atoms with Gasteiger partial charge in [-0.2, -0.15) is 0 Å². The van der Waals surface area contributed by atoms with Crippen LogP contribution < -0.4 is 5.32 Å². The fourth-order valence-corrected chi connectivity index (χ4v) is 3.02. The number of anilines is 1. The Kier molecular flexibility index (Phi) is 4.24. The summed E-state index contributed by atoms with van der Waals surface area (Å²) in [5.41, 5.74) is 3.21. The van der Waals surface area contributed by atoms with Gasteiger partial charge in [0.1, 0.15) is 34.5 Å². The lowest BCUT2D eigenvalue weighted by Crippen LogP contribution is -2.05. The molecule has 0 amide bonds. The van der Waals surface area contributed by atoms with Gasteiger partial charge < -0.3 is 10.4 Å². The zero-order valence-corrected chi connectivity index (χ0v) is 14.6. The normalized spacial score (nSPS) is 11.1. The first-order valence-electron chi connectivity index (χ1n) is 8.48. The lowest BCUT2D eigenvalue weighted by atomic mass is 10.1. The number of benzene rings is 2. The van der Waals surface area contributed by atoms with Crippen molar-refractivity contribution in [3.05, 3.63) is 83.6 Å². The molecule has 0 fully saturated rings. The average Bonchev–Trinajstić information content (AvgIpc) is 2.98. The van der Waals surface area contributed by atoms with E-state index < -0.39 is 11.6 Å². The molecule has 4 aromatic rings. The maximum atomic E-state index is 14.0. The van der Waals surface area contributed by atoms with Crippen LogP contribution in [0.15, 0.2) is 60.8 Å². The highest BCUT2D eigenvalue weighted by Crippen LogP contribution is 2.34. The molecule has 0 unspecified atom stereocenters. The lowest BCUT2D eigenvalue weighted by molar-refractivity contribution is 0.477. The molecule has 4 rings (SSSR count). The largest absolute Gasteiger partial charge is 0.507 e. The first kappa shape index (κ1) is 17.0. The number of nitrogens with one attached hydrogen (secondary N) is 1. The van der Waals surface area contributed by atoms with E-state index in [9.17, 15) is 13.9 Å². The summed E-state index contributed by atoms with van der Waals surface area (Å²) in [6.07, 6.45) is 1.87. The summed E-state index contributed by atoms with van der Waals surface area (Å²) >= 11 is 0. The first-order chi connectivity index (χ1) is 13.0. The van der Waals surface area contributed by atoms with Crippen molar-refractivity contribution in [1.29, 1.82) is 0 Å². The summed E-state index contributed by atoms with van der Waals surface area (Å²) in [4.78, 5) is 4.64. The zero-order valence-electron chi connectivity index (χ0n) is 14.6. The van der Waals surface area contributed by atoms with Crippen molar-refractivity contribution in [3.8, 4) is 17.0 Å². The van der Waals surface area contributed by atoms with E-state index >= 15 is 0 Å². The quantitative estimate of drug-likeness (QED) is 0.540. The molecule has 0 bridgehead atoms. The van der Waals surface area contributed by atoms with E-state index in [0.29, 0.717) is 28.3 Å². The third kappa shape index (κ3) is 3.21. The maximum absolute atomic E-state index is 14.0. The number of para-hydroxylation sites is 1. The van der Waals surface area contributed by atoms with E-state index in [0.717, 1.165) is 11.6 Å². The van der Waals surface area contributed by atoms with Gasteiger partial charge in [-0.25, -0.2) is 13.8 Å².